The highest BCUT2D eigenvalue weighted by Gasteiger charge is 2.29. The van der Waals surface area contributed by atoms with Crippen LogP contribution in [0.5, 0.6) is 0 Å². The Hall–Kier alpha value is -0.960. The largest absolute Gasteiger partial charge is 0.325 e. The zero-order valence-corrected chi connectivity index (χ0v) is 8.17. The summed E-state index contributed by atoms with van der Waals surface area (Å²) in [6, 6.07) is 1.53. The zero-order valence-electron chi connectivity index (χ0n) is 8.17. The number of aromatic nitrogens is 1. The number of halogens is 1. The molecule has 1 saturated carbocycles. The van der Waals surface area contributed by atoms with E-state index in [4.69, 9.17) is 5.73 Å². The molecule has 0 unspecified atom stereocenters. The summed E-state index contributed by atoms with van der Waals surface area (Å²) in [6.07, 6.45) is 8.15. The molecule has 1 aromatic rings. The molecule has 1 aliphatic rings. The van der Waals surface area contributed by atoms with Gasteiger partial charge in [0.2, 0.25) is 0 Å². The van der Waals surface area contributed by atoms with Gasteiger partial charge in [-0.2, -0.15) is 0 Å². The van der Waals surface area contributed by atoms with Gasteiger partial charge >= 0.3 is 0 Å². The van der Waals surface area contributed by atoms with Gasteiger partial charge in [-0.3, -0.25) is 4.98 Å². The summed E-state index contributed by atoms with van der Waals surface area (Å²) in [5.41, 5.74) is 6.99. The third-order valence-corrected chi connectivity index (χ3v) is 2.92. The minimum absolute atomic E-state index is 0.116. The molecule has 3 heteroatoms. The summed E-state index contributed by atoms with van der Waals surface area (Å²) in [5, 5.41) is 0. The third kappa shape index (κ3) is 2.10. The molecule has 2 rings (SSSR count). The number of hydrogen-bond donors (Lipinski definition) is 1. The van der Waals surface area contributed by atoms with Crippen LogP contribution in [0.2, 0.25) is 0 Å². The Morgan fingerprint density at radius 1 is 1.36 bits per heavy atom. The van der Waals surface area contributed by atoms with Crippen LogP contribution in [0.3, 0.4) is 0 Å². The Balaban J connectivity index is 2.10. The molecule has 1 heterocycles. The molecule has 0 spiro atoms. The summed E-state index contributed by atoms with van der Waals surface area (Å²) in [4.78, 5) is 3.83. The normalized spacial score (nSPS) is 19.9. The Morgan fingerprint density at radius 2 is 2.07 bits per heavy atom. The van der Waals surface area contributed by atoms with Crippen LogP contribution in [0.1, 0.15) is 31.2 Å². The predicted octanol–water partition coefficient (Wildman–Crippen LogP) is 2.03. The van der Waals surface area contributed by atoms with Gasteiger partial charge < -0.3 is 5.73 Å². The Labute approximate surface area is 83.3 Å². The fraction of sp³-hybridized carbons (Fsp3) is 0.545. The van der Waals surface area contributed by atoms with Crippen molar-refractivity contribution in [3.05, 3.63) is 29.8 Å². The smallest absolute Gasteiger partial charge is 0.141 e. The first-order valence-electron chi connectivity index (χ1n) is 5.06. The molecular weight excluding hydrogens is 179 g/mol. The highest BCUT2D eigenvalue weighted by Crippen LogP contribution is 2.30. The van der Waals surface area contributed by atoms with Crippen molar-refractivity contribution >= 4 is 0 Å². The second-order valence-electron chi connectivity index (χ2n) is 4.26. The summed E-state index contributed by atoms with van der Waals surface area (Å²) in [5.74, 6) is -0.274. The standard InChI is InChI=1S/C11H15FN2/c12-10-5-9(7-14-8-10)6-11(13)3-1-2-4-11/h5,7-8H,1-4,6,13H2. The zero-order chi connectivity index (χ0) is 10.0. The molecule has 2 nitrogen and oxygen atoms in total. The minimum atomic E-state index is -0.274. The maximum absolute atomic E-state index is 12.9. The highest BCUT2D eigenvalue weighted by molar-refractivity contribution is 5.14. The van der Waals surface area contributed by atoms with Crippen molar-refractivity contribution < 1.29 is 4.39 Å². The monoisotopic (exact) mass is 194 g/mol. The van der Waals surface area contributed by atoms with E-state index < -0.39 is 0 Å². The lowest BCUT2D eigenvalue weighted by molar-refractivity contribution is 0.434. The van der Waals surface area contributed by atoms with Gasteiger partial charge in [-0.15, -0.1) is 0 Å². The van der Waals surface area contributed by atoms with Crippen molar-refractivity contribution in [1.82, 2.24) is 4.98 Å². The predicted molar refractivity (Wildman–Crippen MR) is 53.3 cm³/mol. The highest BCUT2D eigenvalue weighted by atomic mass is 19.1. The molecule has 0 amide bonds. The van der Waals surface area contributed by atoms with E-state index in [1.165, 1.54) is 25.1 Å². The van der Waals surface area contributed by atoms with E-state index >= 15 is 0 Å². The van der Waals surface area contributed by atoms with Gasteiger partial charge in [-0.25, -0.2) is 4.39 Å². The quantitative estimate of drug-likeness (QED) is 0.782. The fourth-order valence-corrected chi connectivity index (χ4v) is 2.21. The average Bonchev–Trinajstić information content (AvgIpc) is 2.51. The second kappa shape index (κ2) is 3.65. The first-order valence-corrected chi connectivity index (χ1v) is 5.06. The van der Waals surface area contributed by atoms with Gasteiger partial charge in [0.25, 0.3) is 0 Å². The van der Waals surface area contributed by atoms with Crippen LogP contribution in [-0.4, -0.2) is 10.5 Å². The van der Waals surface area contributed by atoms with Crippen LogP contribution >= 0.6 is 0 Å². The molecule has 0 atom stereocenters. The average molecular weight is 194 g/mol. The topological polar surface area (TPSA) is 38.9 Å². The van der Waals surface area contributed by atoms with Gasteiger partial charge in [-0.05, 0) is 30.9 Å². The molecule has 0 aromatic carbocycles. The molecule has 0 aliphatic heterocycles. The summed E-state index contributed by atoms with van der Waals surface area (Å²) >= 11 is 0. The van der Waals surface area contributed by atoms with Crippen LogP contribution in [0, 0.1) is 5.82 Å². The summed E-state index contributed by atoms with van der Waals surface area (Å²) in [6.45, 7) is 0. The SMILES string of the molecule is NC1(Cc2cncc(F)c2)CCCC1. The van der Waals surface area contributed by atoms with Crippen LogP contribution in [-0.2, 0) is 6.42 Å². The molecule has 1 aromatic heterocycles. The molecule has 1 aliphatic carbocycles. The Kier molecular flexibility index (Phi) is 2.50. The van der Waals surface area contributed by atoms with Gasteiger partial charge in [0, 0.05) is 11.7 Å². The Bertz CT molecular complexity index is 319. The van der Waals surface area contributed by atoms with Crippen molar-refractivity contribution in [3.63, 3.8) is 0 Å². The maximum atomic E-state index is 12.9. The lowest BCUT2D eigenvalue weighted by Crippen LogP contribution is -2.38. The lowest BCUT2D eigenvalue weighted by Gasteiger charge is -2.23. The molecular formula is C11H15FN2. The van der Waals surface area contributed by atoms with Crippen molar-refractivity contribution in [1.29, 1.82) is 0 Å². The van der Waals surface area contributed by atoms with Crippen LogP contribution in [0.15, 0.2) is 18.5 Å². The molecule has 2 N–H and O–H groups in total. The van der Waals surface area contributed by atoms with E-state index in [9.17, 15) is 4.39 Å². The first kappa shape index (κ1) is 9.59. The number of pyridine rings is 1. The maximum Gasteiger partial charge on any atom is 0.141 e. The number of nitrogens with zero attached hydrogens (tertiary/aromatic N) is 1. The van der Waals surface area contributed by atoms with E-state index in [0.717, 1.165) is 24.8 Å². The Morgan fingerprint density at radius 3 is 2.71 bits per heavy atom. The molecule has 76 valence electrons. The van der Waals surface area contributed by atoms with Gasteiger partial charge in [-0.1, -0.05) is 12.8 Å². The van der Waals surface area contributed by atoms with Crippen LogP contribution < -0.4 is 5.73 Å². The summed E-state index contributed by atoms with van der Waals surface area (Å²) in [7, 11) is 0. The molecule has 1 fully saturated rings. The number of nitrogens with two attached hydrogens (primary N) is 1. The number of rotatable bonds is 2. The van der Waals surface area contributed by atoms with Gasteiger partial charge in [0.05, 0.1) is 6.20 Å². The van der Waals surface area contributed by atoms with Crippen molar-refractivity contribution in [2.45, 2.75) is 37.6 Å². The lowest BCUT2D eigenvalue weighted by atomic mass is 9.91. The van der Waals surface area contributed by atoms with E-state index in [1.54, 1.807) is 6.20 Å². The van der Waals surface area contributed by atoms with Crippen LogP contribution in [0.4, 0.5) is 4.39 Å². The van der Waals surface area contributed by atoms with Crippen molar-refractivity contribution in [3.8, 4) is 0 Å². The molecule has 0 bridgehead atoms. The van der Waals surface area contributed by atoms with Crippen LogP contribution in [0.25, 0.3) is 0 Å². The summed E-state index contributed by atoms with van der Waals surface area (Å²) < 4.78 is 12.9. The van der Waals surface area contributed by atoms with Crippen molar-refractivity contribution in [2.24, 2.45) is 5.73 Å². The first-order chi connectivity index (χ1) is 6.68. The minimum Gasteiger partial charge on any atom is -0.325 e. The van der Waals surface area contributed by atoms with Crippen molar-refractivity contribution in [2.75, 3.05) is 0 Å². The fourth-order valence-electron chi connectivity index (χ4n) is 2.21. The van der Waals surface area contributed by atoms with E-state index in [-0.39, 0.29) is 11.4 Å². The third-order valence-electron chi connectivity index (χ3n) is 2.92. The van der Waals surface area contributed by atoms with E-state index in [0.29, 0.717) is 0 Å². The van der Waals surface area contributed by atoms with Gasteiger partial charge in [0.1, 0.15) is 5.82 Å². The molecule has 0 radical (unpaired) electrons. The van der Waals surface area contributed by atoms with Gasteiger partial charge in [0.15, 0.2) is 0 Å². The second-order valence-corrected chi connectivity index (χ2v) is 4.26. The van der Waals surface area contributed by atoms with E-state index in [1.807, 2.05) is 0 Å². The number of hydrogen-bond acceptors (Lipinski definition) is 2. The molecule has 0 saturated heterocycles. The molecule has 14 heavy (non-hydrogen) atoms. The van der Waals surface area contributed by atoms with E-state index in [2.05, 4.69) is 4.98 Å².